The molecule has 2 aromatic carbocycles. The molecule has 0 saturated heterocycles. The fraction of sp³-hybridized carbons (Fsp3) is 0.182. The second-order valence-electron chi connectivity index (χ2n) is 6.36. The lowest BCUT2D eigenvalue weighted by Gasteiger charge is -2.08. The largest absolute Gasteiger partial charge is 0.489 e. The van der Waals surface area contributed by atoms with E-state index in [1.807, 2.05) is 25.1 Å². The Balaban J connectivity index is 1.67. The Morgan fingerprint density at radius 3 is 2.73 bits per heavy atom. The van der Waals surface area contributed by atoms with E-state index in [1.165, 1.54) is 0 Å². The van der Waals surface area contributed by atoms with Gasteiger partial charge >= 0.3 is 5.97 Å². The number of H-pyrrole nitrogens is 1. The normalized spacial score (nSPS) is 11.1. The first kappa shape index (κ1) is 21.1. The van der Waals surface area contributed by atoms with Crippen molar-refractivity contribution < 1.29 is 14.6 Å². The van der Waals surface area contributed by atoms with Crippen LogP contribution in [-0.2, 0) is 17.8 Å². The molecule has 0 aliphatic heterocycles. The monoisotopic (exact) mass is 420 g/mol. The number of carbonyl (C=O) groups is 1. The van der Waals surface area contributed by atoms with Crippen LogP contribution in [0.1, 0.15) is 35.9 Å². The number of aliphatic carboxylic acids is 1. The van der Waals surface area contributed by atoms with Gasteiger partial charge in [-0.25, -0.2) is 9.78 Å². The molecule has 0 bridgehead atoms. The standard InChI is InChI=1S/C22H20N4O3S/c1-2-5-20-24-22(26-25-20)30-19(21(27)28)12-15-8-10-18(11-9-15)29-14-17-7-4-3-6-16(17)13-23/h3-4,6-12H,2,5,14H2,1H3,(H,27,28)(H,24,25,26)/b19-12-. The number of nitriles is 1. The van der Waals surface area contributed by atoms with Crippen molar-refractivity contribution in [3.05, 3.63) is 76.0 Å². The van der Waals surface area contributed by atoms with Crippen molar-refractivity contribution in [2.24, 2.45) is 0 Å². The molecule has 0 radical (unpaired) electrons. The van der Waals surface area contributed by atoms with Gasteiger partial charge in [0.15, 0.2) is 0 Å². The van der Waals surface area contributed by atoms with Crippen molar-refractivity contribution in [3.8, 4) is 11.8 Å². The first-order valence-electron chi connectivity index (χ1n) is 9.34. The summed E-state index contributed by atoms with van der Waals surface area (Å²) < 4.78 is 5.75. The Morgan fingerprint density at radius 2 is 2.03 bits per heavy atom. The average Bonchev–Trinajstić information content (AvgIpc) is 3.20. The molecule has 2 N–H and O–H groups in total. The zero-order valence-electron chi connectivity index (χ0n) is 16.3. The van der Waals surface area contributed by atoms with Crippen molar-refractivity contribution in [2.45, 2.75) is 31.5 Å². The lowest BCUT2D eigenvalue weighted by molar-refractivity contribution is -0.131. The maximum Gasteiger partial charge on any atom is 0.342 e. The maximum absolute atomic E-state index is 11.6. The Hall–Kier alpha value is -3.57. The molecule has 1 aromatic heterocycles. The van der Waals surface area contributed by atoms with E-state index in [0.29, 0.717) is 22.0 Å². The predicted octanol–water partition coefficient (Wildman–Crippen LogP) is 4.43. The molecule has 0 unspecified atom stereocenters. The van der Waals surface area contributed by atoms with E-state index in [-0.39, 0.29) is 11.5 Å². The summed E-state index contributed by atoms with van der Waals surface area (Å²) in [6.45, 7) is 2.31. The molecular weight excluding hydrogens is 400 g/mol. The molecule has 0 aliphatic rings. The van der Waals surface area contributed by atoms with Crippen LogP contribution in [0.15, 0.2) is 58.6 Å². The number of hydrogen-bond donors (Lipinski definition) is 2. The van der Waals surface area contributed by atoms with Crippen molar-refractivity contribution in [1.29, 1.82) is 5.26 Å². The first-order valence-corrected chi connectivity index (χ1v) is 10.2. The molecule has 0 saturated carbocycles. The Bertz CT molecular complexity index is 1080. The molecular formula is C22H20N4O3S. The van der Waals surface area contributed by atoms with E-state index < -0.39 is 5.97 Å². The molecule has 3 rings (SSSR count). The highest BCUT2D eigenvalue weighted by molar-refractivity contribution is 8.04. The van der Waals surface area contributed by atoms with Gasteiger partial charge in [-0.1, -0.05) is 37.3 Å². The van der Waals surface area contributed by atoms with E-state index in [0.717, 1.165) is 36.0 Å². The molecule has 0 amide bonds. The molecule has 30 heavy (non-hydrogen) atoms. The number of aromatic amines is 1. The molecule has 3 aromatic rings. The third-order valence-corrected chi connectivity index (χ3v) is 5.00. The van der Waals surface area contributed by atoms with Crippen molar-refractivity contribution in [3.63, 3.8) is 0 Å². The van der Waals surface area contributed by atoms with Crippen molar-refractivity contribution in [1.82, 2.24) is 15.2 Å². The number of hydrogen-bond acceptors (Lipinski definition) is 6. The number of nitrogens with one attached hydrogen (secondary N) is 1. The minimum atomic E-state index is -1.05. The van der Waals surface area contributed by atoms with Crippen LogP contribution in [0.3, 0.4) is 0 Å². The van der Waals surface area contributed by atoms with Gasteiger partial charge in [0.1, 0.15) is 23.1 Å². The van der Waals surface area contributed by atoms with Crippen LogP contribution in [-0.4, -0.2) is 26.3 Å². The summed E-state index contributed by atoms with van der Waals surface area (Å²) in [5.41, 5.74) is 2.10. The van der Waals surface area contributed by atoms with Gasteiger partial charge in [0.2, 0.25) is 5.16 Å². The van der Waals surface area contributed by atoms with Gasteiger partial charge in [0.05, 0.1) is 11.6 Å². The zero-order chi connectivity index (χ0) is 21.3. The first-order chi connectivity index (χ1) is 14.6. The number of aryl methyl sites for hydroxylation is 1. The van der Waals surface area contributed by atoms with Crippen LogP contribution in [0.5, 0.6) is 5.75 Å². The number of benzene rings is 2. The number of rotatable bonds is 9. The summed E-state index contributed by atoms with van der Waals surface area (Å²) >= 11 is 1.00. The molecule has 0 atom stereocenters. The highest BCUT2D eigenvalue weighted by Gasteiger charge is 2.13. The van der Waals surface area contributed by atoms with Crippen LogP contribution in [0, 0.1) is 11.3 Å². The van der Waals surface area contributed by atoms with Crippen molar-refractivity contribution >= 4 is 23.8 Å². The Labute approximate surface area is 178 Å². The number of aromatic nitrogens is 3. The fourth-order valence-corrected chi connectivity index (χ4v) is 3.36. The fourth-order valence-electron chi connectivity index (χ4n) is 2.63. The minimum absolute atomic E-state index is 0.119. The third-order valence-electron chi connectivity index (χ3n) is 4.12. The van der Waals surface area contributed by atoms with Crippen LogP contribution >= 0.6 is 11.8 Å². The van der Waals surface area contributed by atoms with E-state index >= 15 is 0 Å². The van der Waals surface area contributed by atoms with E-state index in [4.69, 9.17) is 10.00 Å². The van der Waals surface area contributed by atoms with Gasteiger partial charge in [-0.3, -0.25) is 5.10 Å². The number of thioether (sulfide) groups is 1. The van der Waals surface area contributed by atoms with E-state index in [9.17, 15) is 9.90 Å². The summed E-state index contributed by atoms with van der Waals surface area (Å²) in [5.74, 6) is 0.321. The second kappa shape index (κ2) is 10.3. The van der Waals surface area contributed by atoms with Gasteiger partial charge in [0, 0.05) is 12.0 Å². The SMILES string of the molecule is CCCc1nc(S/C(=C\c2ccc(OCc3ccccc3C#N)cc2)C(=O)O)n[nH]1. The molecule has 0 aliphatic carbocycles. The lowest BCUT2D eigenvalue weighted by atomic mass is 10.1. The summed E-state index contributed by atoms with van der Waals surface area (Å²) in [6, 6.07) is 16.5. The Kier molecular flexibility index (Phi) is 7.24. The Morgan fingerprint density at radius 1 is 1.27 bits per heavy atom. The van der Waals surface area contributed by atoms with Crippen LogP contribution in [0.4, 0.5) is 0 Å². The minimum Gasteiger partial charge on any atom is -0.489 e. The quantitative estimate of drug-likeness (QED) is 0.389. The highest BCUT2D eigenvalue weighted by atomic mass is 32.2. The highest BCUT2D eigenvalue weighted by Crippen LogP contribution is 2.26. The smallest absolute Gasteiger partial charge is 0.342 e. The summed E-state index contributed by atoms with van der Waals surface area (Å²) in [6.07, 6.45) is 3.26. The molecule has 0 spiro atoms. The van der Waals surface area contributed by atoms with Gasteiger partial charge in [-0.15, -0.1) is 5.10 Å². The summed E-state index contributed by atoms with van der Waals surface area (Å²) in [5, 5.41) is 25.9. The van der Waals surface area contributed by atoms with Crippen LogP contribution in [0.25, 0.3) is 6.08 Å². The van der Waals surface area contributed by atoms with Crippen LogP contribution < -0.4 is 4.74 Å². The number of ether oxygens (including phenoxy) is 1. The van der Waals surface area contributed by atoms with E-state index in [1.54, 1.807) is 36.4 Å². The topological polar surface area (TPSA) is 112 Å². The molecule has 1 heterocycles. The zero-order valence-corrected chi connectivity index (χ0v) is 17.1. The lowest BCUT2D eigenvalue weighted by Crippen LogP contribution is -1.98. The maximum atomic E-state index is 11.6. The number of carboxylic acids is 1. The number of nitrogens with zero attached hydrogens (tertiary/aromatic N) is 3. The second-order valence-corrected chi connectivity index (χ2v) is 7.37. The summed E-state index contributed by atoms with van der Waals surface area (Å²) in [4.78, 5) is 16.0. The average molecular weight is 420 g/mol. The summed E-state index contributed by atoms with van der Waals surface area (Å²) in [7, 11) is 0. The number of carboxylic acid groups (broad SMARTS) is 1. The van der Waals surface area contributed by atoms with Gasteiger partial charge in [-0.2, -0.15) is 5.26 Å². The van der Waals surface area contributed by atoms with Gasteiger partial charge in [0.25, 0.3) is 0 Å². The van der Waals surface area contributed by atoms with Crippen molar-refractivity contribution in [2.75, 3.05) is 0 Å². The molecule has 7 nitrogen and oxygen atoms in total. The molecule has 0 fully saturated rings. The van der Waals surface area contributed by atoms with E-state index in [2.05, 4.69) is 21.3 Å². The van der Waals surface area contributed by atoms with Crippen LogP contribution in [0.2, 0.25) is 0 Å². The van der Waals surface area contributed by atoms with Gasteiger partial charge in [-0.05, 0) is 48.0 Å². The molecule has 152 valence electrons. The molecule has 8 heteroatoms. The predicted molar refractivity (Wildman–Crippen MR) is 114 cm³/mol. The third kappa shape index (κ3) is 5.72. The van der Waals surface area contributed by atoms with Gasteiger partial charge < -0.3 is 9.84 Å².